The zero-order valence-electron chi connectivity index (χ0n) is 69.7. The number of hydrogen-bond acceptors (Lipinski definition) is 26. The van der Waals surface area contributed by atoms with E-state index in [1.54, 1.807) is 123 Å². The summed E-state index contributed by atoms with van der Waals surface area (Å²) >= 11 is 1.24. The summed E-state index contributed by atoms with van der Waals surface area (Å²) in [6, 6.07) is 7.63. The van der Waals surface area contributed by atoms with Crippen molar-refractivity contribution in [2.75, 3.05) is 73.0 Å². The molecule has 1 fully saturated rings. The number of hydrogen-bond donors (Lipinski definition) is 21. The van der Waals surface area contributed by atoms with Gasteiger partial charge in [0.1, 0.15) is 66.5 Å². The van der Waals surface area contributed by atoms with Crippen LogP contribution in [0.4, 0.5) is 4.79 Å². The van der Waals surface area contributed by atoms with Gasteiger partial charge in [0.05, 0.1) is 34.7 Å². The van der Waals surface area contributed by atoms with E-state index in [9.17, 15) is 82.4 Å². The summed E-state index contributed by atoms with van der Waals surface area (Å²) in [6.07, 6.45) is -1.58. The number of pyridine rings is 1. The first-order chi connectivity index (χ1) is 58.6. The zero-order valence-corrected chi connectivity index (χ0v) is 70.5. The Morgan fingerprint density at radius 1 is 0.618 bits per heavy atom. The van der Waals surface area contributed by atoms with Crippen molar-refractivity contribution in [2.24, 2.45) is 40.3 Å². The van der Waals surface area contributed by atoms with Crippen LogP contribution in [0, 0.1) is 5.92 Å². The second kappa shape index (κ2) is 50.5. The van der Waals surface area contributed by atoms with Gasteiger partial charge in [0, 0.05) is 80.9 Å². The smallest absolute Gasteiger partial charge is 0.345 e. The number of aliphatic hydroxyl groups excluding tert-OH is 2. The van der Waals surface area contributed by atoms with Gasteiger partial charge in [-0.15, -0.1) is 0 Å². The molecule has 27 N–H and O–H groups in total. The molecule has 0 saturated carbocycles. The van der Waals surface area contributed by atoms with Crippen molar-refractivity contribution in [1.29, 1.82) is 0 Å². The summed E-state index contributed by atoms with van der Waals surface area (Å²) in [5.74, 6) is -13.4. The summed E-state index contributed by atoms with van der Waals surface area (Å²) < 4.78 is 1.11. The summed E-state index contributed by atoms with van der Waals surface area (Å²) in [6.45, 7) is 3.25. The molecule has 1 aliphatic rings. The van der Waals surface area contributed by atoms with E-state index in [0.29, 0.717) is 37.7 Å². The highest BCUT2D eigenvalue weighted by Crippen LogP contribution is 2.34. The highest BCUT2D eigenvalue weighted by atomic mass is 32.2. The molecule has 1 saturated heterocycles. The molecule has 5 aromatic rings. The third-order valence-corrected chi connectivity index (χ3v) is 20.8. The number of likely N-dealkylation sites (N-methyl/N-ethyl adjacent to an activating group) is 1. The van der Waals surface area contributed by atoms with Crippen LogP contribution in [0.25, 0.3) is 23.1 Å². The first-order valence-electron chi connectivity index (χ1n) is 40.5. The van der Waals surface area contributed by atoms with E-state index in [4.69, 9.17) is 39.5 Å². The van der Waals surface area contributed by atoms with E-state index in [1.807, 2.05) is 0 Å². The second-order valence-electron chi connectivity index (χ2n) is 29.8. The van der Waals surface area contributed by atoms with Crippen LogP contribution in [0.1, 0.15) is 119 Å². The van der Waals surface area contributed by atoms with E-state index in [2.05, 4.69) is 68.8 Å². The van der Waals surface area contributed by atoms with Gasteiger partial charge in [0.25, 0.3) is 5.91 Å². The number of fused-ring (bicyclic) bond motifs is 1. The number of carbonyl (C=O) groups is 15. The van der Waals surface area contributed by atoms with Gasteiger partial charge in [-0.25, -0.2) is 4.79 Å². The average Bonchev–Trinajstić information content (AvgIpc) is 1.66. The molecule has 13 atom stereocenters. The minimum atomic E-state index is -1.92. The van der Waals surface area contributed by atoms with Gasteiger partial charge in [0.15, 0.2) is 0 Å². The molecule has 41 nitrogen and oxygen atoms in total. The Balaban J connectivity index is 1.28. The van der Waals surface area contributed by atoms with Crippen molar-refractivity contribution >= 4 is 124 Å². The Hall–Kier alpha value is -11.9. The van der Waals surface area contributed by atoms with Crippen LogP contribution in [-0.2, 0) is 68.7 Å². The van der Waals surface area contributed by atoms with Crippen LogP contribution < -0.4 is 98.2 Å². The summed E-state index contributed by atoms with van der Waals surface area (Å²) in [5, 5.41) is 67.4. The molecule has 0 radical (unpaired) electrons. The lowest BCUT2D eigenvalue weighted by Gasteiger charge is -2.29. The fourth-order valence-corrected chi connectivity index (χ4v) is 13.9. The van der Waals surface area contributed by atoms with Gasteiger partial charge in [0.2, 0.25) is 70.9 Å². The number of aliphatic carboxylic acids is 1. The van der Waals surface area contributed by atoms with Gasteiger partial charge in [-0.3, -0.25) is 72.1 Å². The zero-order chi connectivity index (χ0) is 90.6. The number of amides is 14. The normalized spacial score (nSPS) is 19.3. The topological polar surface area (TPSA) is 654 Å². The average molecular weight is 1730 g/mol. The SMILES string of the molecule is CNC(=O)c1ccccc1Sc1ccc2c(/C=C/c3ccccn3)nn(C(=O)N(CCC(=O)NC(CCN)C(=O)N[C@H](C(=O)N[C@@H](CCN)C(=O)N[C@H]3CCNC(=O)[C@H]([C@@H](C)O)NC(=O)[C@H](CCN)NC(=O)[C@H](CCN)NC(=O)[C@H](CC(C)C)NC(=O)[C@@H](Cc4ccccc4)NC(=O)[C@H](CCN)NC3=O)[C@@H](C)O)CCN(C)C(=O)CC[C@H](N)C(=O)O)c2c1. The third-order valence-electron chi connectivity index (χ3n) is 19.8. The van der Waals surface area contributed by atoms with E-state index >= 15 is 4.79 Å². The van der Waals surface area contributed by atoms with Crippen LogP contribution in [0.5, 0.6) is 0 Å². The molecular weight excluding hydrogens is 1620 g/mol. The molecule has 2 aromatic heterocycles. The molecule has 0 spiro atoms. The maximum absolute atomic E-state index is 15.3. The quantitative estimate of drug-likeness (QED) is 0.0177. The predicted molar refractivity (Wildman–Crippen MR) is 455 cm³/mol. The molecule has 670 valence electrons. The highest BCUT2D eigenvalue weighted by molar-refractivity contribution is 7.99. The van der Waals surface area contributed by atoms with Crippen molar-refractivity contribution in [3.05, 3.63) is 120 Å². The first-order valence-corrected chi connectivity index (χ1v) is 41.3. The van der Waals surface area contributed by atoms with Crippen LogP contribution in [-0.4, -0.2) is 280 Å². The minimum Gasteiger partial charge on any atom is -0.480 e. The number of benzene rings is 3. The molecule has 0 bridgehead atoms. The van der Waals surface area contributed by atoms with Crippen molar-refractivity contribution in [3.63, 3.8) is 0 Å². The lowest BCUT2D eigenvalue weighted by molar-refractivity contribution is -0.139. The van der Waals surface area contributed by atoms with Crippen molar-refractivity contribution in [3.8, 4) is 0 Å². The number of nitrogens with zero attached hydrogens (tertiary/aromatic N) is 5. The minimum absolute atomic E-state index is 0.00149. The Labute approximate surface area is 715 Å². The number of carboxylic acids is 1. The van der Waals surface area contributed by atoms with Gasteiger partial charge < -0.3 is 123 Å². The molecule has 123 heavy (non-hydrogen) atoms. The number of carbonyl (C=O) groups excluding carboxylic acids is 14. The van der Waals surface area contributed by atoms with Gasteiger partial charge in [-0.2, -0.15) is 9.78 Å². The molecule has 1 aliphatic heterocycles. The number of carboxylic acid groups (broad SMARTS) is 1. The monoisotopic (exact) mass is 1730 g/mol. The van der Waals surface area contributed by atoms with E-state index in [1.165, 1.54) is 42.6 Å². The fraction of sp³-hybridized carbons (Fsp3) is 0.494. The van der Waals surface area contributed by atoms with Crippen LogP contribution in [0.15, 0.2) is 107 Å². The predicted octanol–water partition coefficient (Wildman–Crippen LogP) is -4.41. The molecule has 14 amide bonds. The summed E-state index contributed by atoms with van der Waals surface area (Å²) in [7, 11) is 2.92. The van der Waals surface area contributed by atoms with Gasteiger partial charge >= 0.3 is 12.0 Å². The lowest BCUT2D eigenvalue weighted by atomic mass is 10.00. The van der Waals surface area contributed by atoms with Crippen molar-refractivity contribution < 1.29 is 87.2 Å². The number of rotatable bonds is 38. The number of aromatic nitrogens is 3. The number of nitrogens with one attached hydrogen (secondary N) is 12. The van der Waals surface area contributed by atoms with Gasteiger partial charge in [-0.1, -0.05) is 74.1 Å². The van der Waals surface area contributed by atoms with Crippen molar-refractivity contribution in [1.82, 2.24) is 88.4 Å². The van der Waals surface area contributed by atoms with Crippen LogP contribution in [0.2, 0.25) is 0 Å². The largest absolute Gasteiger partial charge is 0.480 e. The molecular formula is C81H117N23O18S. The fourth-order valence-electron chi connectivity index (χ4n) is 12.9. The first kappa shape index (κ1) is 99.9. The molecule has 42 heteroatoms. The number of aliphatic hydroxyl groups is 2. The van der Waals surface area contributed by atoms with Gasteiger partial charge in [-0.05, 0) is 164 Å². The summed E-state index contributed by atoms with van der Waals surface area (Å²) in [4.78, 5) is 220. The Morgan fingerprint density at radius 3 is 1.78 bits per heavy atom. The van der Waals surface area contributed by atoms with Crippen LogP contribution >= 0.6 is 11.8 Å². The molecule has 1 unspecified atom stereocenters. The van der Waals surface area contributed by atoms with Crippen LogP contribution in [0.3, 0.4) is 0 Å². The lowest BCUT2D eigenvalue weighted by Crippen LogP contribution is -2.62. The van der Waals surface area contributed by atoms with E-state index < -0.39 is 194 Å². The maximum atomic E-state index is 15.3. The molecule has 6 rings (SSSR count). The molecule has 3 aromatic carbocycles. The maximum Gasteiger partial charge on any atom is 0.345 e. The molecule has 3 heterocycles. The van der Waals surface area contributed by atoms with E-state index in [-0.39, 0.29) is 115 Å². The number of nitrogens with two attached hydrogens (primary N) is 6. The Kier molecular flexibility index (Phi) is 41.0. The second-order valence-corrected chi connectivity index (χ2v) is 31.0. The molecule has 0 aliphatic carbocycles. The highest BCUT2D eigenvalue weighted by Gasteiger charge is 2.39. The standard InChI is InChI=1S/C81H117N23O18S/c1-45(2)42-61-76(116)94-56(26-33-83)70(110)93-59(29-36-86)75(115)99-67(46(3)105)78(118)90-38-30-60(73(113)92-57(27-34-84)72(112)98-62(77(117)97-61)43-48-14-8-7-9-15-48)95-71(111)58(28-35-85)96-79(119)68(47(4)106)100-74(114)55(25-32-82)91-65(107)31-39-103(41-40-102(6)66(108)24-22-53(87)80(120)121)81(122)104-63-44-50(123-64-18-11-10-17-52(64)69(109)88-5)20-21-51(63)54(101-104)23-19-49-16-12-13-37-89-49/h7-21,23,37,44-47,53,55-62,67-68,105-106H,22,24-36,38-43,82-87H2,1-6H3,(H,88,109)(H,90,118)(H,91,107)(H,92,113)(H,93,110)(H,94,116)(H,95,111)(H,96,119)(H,97,117)(H,98,112)(H,99,115)(H,100,114)(H,120,121)/b23-19+/t46-,47-,53+,55?,56+,57+,58+,59+,60+,61+,62-,67+,68+/m1/s1. The Morgan fingerprint density at radius 2 is 1.20 bits per heavy atom. The van der Waals surface area contributed by atoms with Crippen molar-refractivity contribution in [2.45, 2.75) is 187 Å². The Bertz CT molecular complexity index is 4480. The van der Waals surface area contributed by atoms with E-state index in [0.717, 1.165) is 11.6 Å². The summed E-state index contributed by atoms with van der Waals surface area (Å²) in [5.41, 5.74) is 37.6. The third kappa shape index (κ3) is 31.2.